The third-order valence-corrected chi connectivity index (χ3v) is 3.73. The lowest BCUT2D eigenvalue weighted by atomic mass is 9.98. The highest BCUT2D eigenvalue weighted by atomic mass is 16.5. The molecule has 1 N–H and O–H groups in total. The fraction of sp³-hybridized carbons (Fsp3) is 0.375. The first-order chi connectivity index (χ1) is 8.84. The molecule has 3 rings (SSSR count). The van der Waals surface area contributed by atoms with E-state index in [1.54, 1.807) is 0 Å². The van der Waals surface area contributed by atoms with Crippen LogP contribution in [0.25, 0.3) is 10.8 Å². The van der Waals surface area contributed by atoms with Crippen LogP contribution in [-0.4, -0.2) is 19.2 Å². The fourth-order valence-corrected chi connectivity index (χ4v) is 2.63. The summed E-state index contributed by atoms with van der Waals surface area (Å²) < 4.78 is 6.24. The molecule has 1 fully saturated rings. The molecule has 2 atom stereocenters. The Morgan fingerprint density at radius 1 is 1.11 bits per heavy atom. The van der Waals surface area contributed by atoms with E-state index in [9.17, 15) is 0 Å². The van der Waals surface area contributed by atoms with Gasteiger partial charge in [0.2, 0.25) is 0 Å². The lowest BCUT2D eigenvalue weighted by molar-refractivity contribution is 0.113. The lowest BCUT2D eigenvalue weighted by Crippen LogP contribution is -2.41. The van der Waals surface area contributed by atoms with Crippen molar-refractivity contribution < 1.29 is 4.74 Å². The molecule has 0 bridgehead atoms. The van der Waals surface area contributed by atoms with Crippen molar-refractivity contribution in [3.05, 3.63) is 42.5 Å². The summed E-state index contributed by atoms with van der Waals surface area (Å²) in [7, 11) is 0. The molecule has 94 valence electrons. The van der Waals surface area contributed by atoms with Crippen LogP contribution in [0.4, 0.5) is 0 Å². The van der Waals surface area contributed by atoms with Gasteiger partial charge in [0.05, 0.1) is 0 Å². The average Bonchev–Trinajstić information content (AvgIpc) is 2.42. The van der Waals surface area contributed by atoms with Crippen LogP contribution in [0.15, 0.2) is 42.5 Å². The van der Waals surface area contributed by atoms with Crippen LogP contribution in [0.3, 0.4) is 0 Å². The average molecular weight is 241 g/mol. The second-order valence-electron chi connectivity index (χ2n) is 5.10. The number of piperidine rings is 1. The third-order valence-electron chi connectivity index (χ3n) is 3.73. The summed E-state index contributed by atoms with van der Waals surface area (Å²) in [6, 6.07) is 14.7. The maximum Gasteiger partial charge on any atom is 0.127 e. The Labute approximate surface area is 108 Å². The van der Waals surface area contributed by atoms with Gasteiger partial charge >= 0.3 is 0 Å². The number of rotatable bonds is 2. The van der Waals surface area contributed by atoms with Crippen molar-refractivity contribution in [2.24, 2.45) is 5.92 Å². The van der Waals surface area contributed by atoms with Gasteiger partial charge in [-0.1, -0.05) is 43.3 Å². The van der Waals surface area contributed by atoms with Crippen LogP contribution in [0.1, 0.15) is 13.3 Å². The number of nitrogens with one attached hydrogen (secondary N) is 1. The van der Waals surface area contributed by atoms with Crippen LogP contribution in [0, 0.1) is 5.92 Å². The predicted octanol–water partition coefficient (Wildman–Crippen LogP) is 3.22. The van der Waals surface area contributed by atoms with Crippen LogP contribution in [0.2, 0.25) is 0 Å². The molecule has 1 heterocycles. The summed E-state index contributed by atoms with van der Waals surface area (Å²) in [4.78, 5) is 0. The van der Waals surface area contributed by atoms with Gasteiger partial charge in [0.15, 0.2) is 0 Å². The van der Waals surface area contributed by atoms with Crippen molar-refractivity contribution in [3.8, 4) is 5.75 Å². The molecule has 18 heavy (non-hydrogen) atoms. The van der Waals surface area contributed by atoms with E-state index in [-0.39, 0.29) is 0 Å². The zero-order valence-electron chi connectivity index (χ0n) is 10.7. The van der Waals surface area contributed by atoms with Gasteiger partial charge in [0, 0.05) is 17.8 Å². The first kappa shape index (κ1) is 11.5. The van der Waals surface area contributed by atoms with Crippen molar-refractivity contribution in [2.75, 3.05) is 13.1 Å². The quantitative estimate of drug-likeness (QED) is 0.871. The summed E-state index contributed by atoms with van der Waals surface area (Å²) in [5, 5.41) is 5.87. The van der Waals surface area contributed by atoms with E-state index in [1.165, 1.54) is 10.8 Å². The van der Waals surface area contributed by atoms with E-state index in [1.807, 2.05) is 0 Å². The van der Waals surface area contributed by atoms with Crippen molar-refractivity contribution in [1.29, 1.82) is 0 Å². The van der Waals surface area contributed by atoms with Crippen molar-refractivity contribution in [3.63, 3.8) is 0 Å². The summed E-state index contributed by atoms with van der Waals surface area (Å²) in [5.74, 6) is 1.59. The highest BCUT2D eigenvalue weighted by Crippen LogP contribution is 2.28. The summed E-state index contributed by atoms with van der Waals surface area (Å²) in [5.41, 5.74) is 0. The lowest BCUT2D eigenvalue weighted by Gasteiger charge is -2.30. The second-order valence-corrected chi connectivity index (χ2v) is 5.10. The van der Waals surface area contributed by atoms with Gasteiger partial charge < -0.3 is 10.1 Å². The third kappa shape index (κ3) is 2.21. The molecule has 2 nitrogen and oxygen atoms in total. The number of ether oxygens (including phenoxy) is 1. The molecule has 0 aromatic heterocycles. The van der Waals surface area contributed by atoms with Gasteiger partial charge in [0.1, 0.15) is 11.9 Å². The van der Waals surface area contributed by atoms with E-state index in [2.05, 4.69) is 54.7 Å². The van der Waals surface area contributed by atoms with E-state index < -0.39 is 0 Å². The SMILES string of the molecule is CC1CNCCC1Oc1cccc2ccccc12. The Morgan fingerprint density at radius 2 is 1.94 bits per heavy atom. The van der Waals surface area contributed by atoms with E-state index in [4.69, 9.17) is 4.74 Å². The highest BCUT2D eigenvalue weighted by Gasteiger charge is 2.23. The van der Waals surface area contributed by atoms with Crippen LogP contribution >= 0.6 is 0 Å². The number of fused-ring (bicyclic) bond motifs is 1. The highest BCUT2D eigenvalue weighted by molar-refractivity contribution is 5.88. The minimum Gasteiger partial charge on any atom is -0.489 e. The Hall–Kier alpha value is -1.54. The van der Waals surface area contributed by atoms with Crippen LogP contribution in [0.5, 0.6) is 5.75 Å². The Bertz CT molecular complexity index is 532. The number of hydrogen-bond acceptors (Lipinski definition) is 2. The molecule has 0 amide bonds. The molecule has 0 aliphatic carbocycles. The van der Waals surface area contributed by atoms with Crippen LogP contribution < -0.4 is 10.1 Å². The predicted molar refractivity (Wildman–Crippen MR) is 75.0 cm³/mol. The molecular weight excluding hydrogens is 222 g/mol. The van der Waals surface area contributed by atoms with E-state index in [0.717, 1.165) is 25.3 Å². The Morgan fingerprint density at radius 3 is 2.83 bits per heavy atom. The number of hydrogen-bond donors (Lipinski definition) is 1. The Balaban J connectivity index is 1.90. The van der Waals surface area contributed by atoms with Crippen LogP contribution in [-0.2, 0) is 0 Å². The first-order valence-electron chi connectivity index (χ1n) is 6.70. The Kier molecular flexibility index (Phi) is 3.20. The van der Waals surface area contributed by atoms with Crippen molar-refractivity contribution >= 4 is 10.8 Å². The molecule has 2 unspecified atom stereocenters. The summed E-state index contributed by atoms with van der Waals surface area (Å²) >= 11 is 0. The van der Waals surface area contributed by atoms with Gasteiger partial charge in [-0.25, -0.2) is 0 Å². The monoisotopic (exact) mass is 241 g/mol. The van der Waals surface area contributed by atoms with E-state index in [0.29, 0.717) is 12.0 Å². The molecular formula is C16H19NO. The minimum absolute atomic E-state index is 0.331. The maximum absolute atomic E-state index is 6.24. The molecule has 1 saturated heterocycles. The van der Waals surface area contributed by atoms with Crippen molar-refractivity contribution in [2.45, 2.75) is 19.4 Å². The van der Waals surface area contributed by atoms with Gasteiger partial charge in [-0.05, 0) is 24.4 Å². The molecule has 1 aliphatic heterocycles. The fourth-order valence-electron chi connectivity index (χ4n) is 2.63. The standard InChI is InChI=1S/C16H19NO/c1-12-11-17-10-9-15(12)18-16-8-4-6-13-5-2-3-7-14(13)16/h2-8,12,15,17H,9-11H2,1H3. The molecule has 0 spiro atoms. The zero-order chi connectivity index (χ0) is 12.4. The summed E-state index contributed by atoms with van der Waals surface area (Å²) in [6.07, 6.45) is 1.42. The van der Waals surface area contributed by atoms with Crippen molar-refractivity contribution in [1.82, 2.24) is 5.32 Å². The summed E-state index contributed by atoms with van der Waals surface area (Å²) in [6.45, 7) is 4.36. The van der Waals surface area contributed by atoms with Gasteiger partial charge in [-0.2, -0.15) is 0 Å². The minimum atomic E-state index is 0.331. The van der Waals surface area contributed by atoms with Gasteiger partial charge in [-0.3, -0.25) is 0 Å². The molecule has 2 heteroatoms. The number of benzene rings is 2. The second kappa shape index (κ2) is 4.99. The molecule has 2 aromatic carbocycles. The smallest absolute Gasteiger partial charge is 0.127 e. The maximum atomic E-state index is 6.24. The molecule has 1 aliphatic rings. The largest absolute Gasteiger partial charge is 0.489 e. The molecule has 2 aromatic rings. The normalized spacial score (nSPS) is 24.1. The van der Waals surface area contributed by atoms with Gasteiger partial charge in [-0.15, -0.1) is 0 Å². The van der Waals surface area contributed by atoms with Gasteiger partial charge in [0.25, 0.3) is 0 Å². The molecule has 0 saturated carbocycles. The first-order valence-corrected chi connectivity index (χ1v) is 6.70. The zero-order valence-corrected chi connectivity index (χ0v) is 10.7. The van der Waals surface area contributed by atoms with E-state index >= 15 is 0 Å². The topological polar surface area (TPSA) is 21.3 Å². The molecule has 0 radical (unpaired) electrons.